The van der Waals surface area contributed by atoms with Crippen LogP contribution in [0.5, 0.6) is 5.75 Å². The molecule has 3 heteroatoms. The molecule has 2 aliphatic rings. The second-order valence-electron chi connectivity index (χ2n) is 8.62. The number of ether oxygens (including phenoxy) is 1. The smallest absolute Gasteiger partial charge is 0.173 e. The van der Waals surface area contributed by atoms with E-state index in [0.717, 1.165) is 50.3 Å². The summed E-state index contributed by atoms with van der Waals surface area (Å²) in [5.74, 6) is 1.58. The average Bonchev–Trinajstić information content (AvgIpc) is 3.11. The molecule has 2 aromatic carbocycles. The Kier molecular flexibility index (Phi) is 3.10. The van der Waals surface area contributed by atoms with Crippen molar-refractivity contribution >= 4 is 16.8 Å². The van der Waals surface area contributed by atoms with Gasteiger partial charge in [0, 0.05) is 10.9 Å². The fourth-order valence-corrected chi connectivity index (χ4v) is 5.27. The fourth-order valence-electron chi connectivity index (χ4n) is 5.27. The van der Waals surface area contributed by atoms with Gasteiger partial charge in [-0.3, -0.25) is 4.79 Å². The standard InChI is InChI=1S/C24H24O3/c1-11-7-13(3)20-16(9-11)18-19(25)15(5)22-24(6,23(18)26-20)17-10-12(2)8-14(4)21(17)27-22/h7-10,15,22H,1-6H3/t15-,22-,24?/m0/s1. The van der Waals surface area contributed by atoms with Crippen LogP contribution in [0, 0.1) is 33.6 Å². The Labute approximate surface area is 159 Å². The van der Waals surface area contributed by atoms with Crippen molar-refractivity contribution in [3.8, 4) is 5.75 Å². The Morgan fingerprint density at radius 3 is 2.37 bits per heavy atom. The monoisotopic (exact) mass is 360 g/mol. The number of aryl methyl sites for hydroxylation is 4. The molecule has 0 spiro atoms. The van der Waals surface area contributed by atoms with Gasteiger partial charge in [0.15, 0.2) is 5.78 Å². The van der Waals surface area contributed by atoms with Crippen molar-refractivity contribution < 1.29 is 13.9 Å². The van der Waals surface area contributed by atoms with Crippen LogP contribution in [0.3, 0.4) is 0 Å². The molecule has 0 bridgehead atoms. The van der Waals surface area contributed by atoms with E-state index in [0.29, 0.717) is 0 Å². The van der Waals surface area contributed by atoms with E-state index in [1.807, 2.05) is 13.8 Å². The Morgan fingerprint density at radius 1 is 0.963 bits per heavy atom. The van der Waals surface area contributed by atoms with Crippen molar-refractivity contribution in [3.05, 3.63) is 63.4 Å². The van der Waals surface area contributed by atoms with Gasteiger partial charge in [0.1, 0.15) is 23.2 Å². The van der Waals surface area contributed by atoms with E-state index >= 15 is 0 Å². The number of furan rings is 1. The molecule has 0 fully saturated rings. The maximum Gasteiger partial charge on any atom is 0.173 e. The lowest BCUT2D eigenvalue weighted by Crippen LogP contribution is -2.48. The summed E-state index contributed by atoms with van der Waals surface area (Å²) in [5, 5.41) is 0.942. The molecule has 1 unspecified atom stereocenters. The van der Waals surface area contributed by atoms with Crippen LogP contribution < -0.4 is 4.74 Å². The molecule has 0 radical (unpaired) electrons. The number of carbonyl (C=O) groups excluding carboxylic acids is 1. The fraction of sp³-hybridized carbons (Fsp3) is 0.375. The topological polar surface area (TPSA) is 39.4 Å². The van der Waals surface area contributed by atoms with Gasteiger partial charge in [0.05, 0.1) is 16.9 Å². The van der Waals surface area contributed by atoms with Crippen molar-refractivity contribution in [1.82, 2.24) is 0 Å². The van der Waals surface area contributed by atoms with Crippen LogP contribution in [-0.4, -0.2) is 11.9 Å². The molecule has 0 amide bonds. The lowest BCUT2D eigenvalue weighted by Gasteiger charge is -2.36. The third-order valence-electron chi connectivity index (χ3n) is 6.50. The zero-order valence-electron chi connectivity index (χ0n) is 16.7. The summed E-state index contributed by atoms with van der Waals surface area (Å²) in [7, 11) is 0. The van der Waals surface area contributed by atoms with E-state index in [-0.39, 0.29) is 17.8 Å². The van der Waals surface area contributed by atoms with Crippen LogP contribution in [0.15, 0.2) is 28.7 Å². The Morgan fingerprint density at radius 2 is 1.63 bits per heavy atom. The van der Waals surface area contributed by atoms with Crippen LogP contribution in [0.25, 0.3) is 11.0 Å². The molecular formula is C24H24O3. The first-order chi connectivity index (χ1) is 12.7. The van der Waals surface area contributed by atoms with E-state index < -0.39 is 5.41 Å². The van der Waals surface area contributed by atoms with Gasteiger partial charge < -0.3 is 9.15 Å². The molecule has 3 nitrogen and oxygen atoms in total. The quantitative estimate of drug-likeness (QED) is 0.526. The molecular weight excluding hydrogens is 336 g/mol. The van der Waals surface area contributed by atoms with Crippen LogP contribution >= 0.6 is 0 Å². The first-order valence-corrected chi connectivity index (χ1v) is 9.60. The zero-order chi connectivity index (χ0) is 19.2. The molecule has 0 saturated heterocycles. The Bertz CT molecular complexity index is 1150. The highest BCUT2D eigenvalue weighted by Gasteiger charge is 2.58. The summed E-state index contributed by atoms with van der Waals surface area (Å²) in [6.45, 7) is 12.5. The largest absolute Gasteiger partial charge is 0.488 e. The van der Waals surface area contributed by atoms with Crippen molar-refractivity contribution in [2.75, 3.05) is 0 Å². The summed E-state index contributed by atoms with van der Waals surface area (Å²) < 4.78 is 12.9. The van der Waals surface area contributed by atoms with E-state index in [1.54, 1.807) is 0 Å². The minimum Gasteiger partial charge on any atom is -0.488 e. The maximum absolute atomic E-state index is 13.4. The summed E-state index contributed by atoms with van der Waals surface area (Å²) in [6, 6.07) is 8.52. The summed E-state index contributed by atoms with van der Waals surface area (Å²) in [4.78, 5) is 13.4. The number of fused-ring (bicyclic) bond motifs is 7. The van der Waals surface area contributed by atoms with Gasteiger partial charge in [-0.1, -0.05) is 30.7 Å². The molecule has 0 N–H and O–H groups in total. The van der Waals surface area contributed by atoms with Gasteiger partial charge in [0.2, 0.25) is 0 Å². The van der Waals surface area contributed by atoms with Gasteiger partial charge in [-0.25, -0.2) is 0 Å². The normalized spacial score (nSPS) is 25.9. The predicted molar refractivity (Wildman–Crippen MR) is 106 cm³/mol. The third-order valence-corrected chi connectivity index (χ3v) is 6.50. The van der Waals surface area contributed by atoms with Gasteiger partial charge >= 0.3 is 0 Å². The lowest BCUT2D eigenvalue weighted by molar-refractivity contribution is 0.0624. The van der Waals surface area contributed by atoms with Gasteiger partial charge in [-0.05, 0) is 57.4 Å². The number of hydrogen-bond donors (Lipinski definition) is 0. The highest BCUT2D eigenvalue weighted by Crippen LogP contribution is 2.56. The summed E-state index contributed by atoms with van der Waals surface area (Å²) in [6.07, 6.45) is -0.241. The van der Waals surface area contributed by atoms with E-state index in [2.05, 4.69) is 52.0 Å². The first kappa shape index (κ1) is 16.6. The van der Waals surface area contributed by atoms with Gasteiger partial charge in [-0.2, -0.15) is 0 Å². The van der Waals surface area contributed by atoms with Gasteiger partial charge in [-0.15, -0.1) is 0 Å². The van der Waals surface area contributed by atoms with E-state index in [1.165, 1.54) is 5.56 Å². The molecule has 1 aliphatic carbocycles. The highest BCUT2D eigenvalue weighted by atomic mass is 16.5. The van der Waals surface area contributed by atoms with Crippen LogP contribution in [-0.2, 0) is 5.41 Å². The maximum atomic E-state index is 13.4. The second-order valence-corrected chi connectivity index (χ2v) is 8.62. The van der Waals surface area contributed by atoms with Crippen LogP contribution in [0.1, 0.15) is 57.8 Å². The molecule has 3 atom stereocenters. The molecule has 1 aliphatic heterocycles. The lowest BCUT2D eigenvalue weighted by atomic mass is 9.65. The van der Waals surface area contributed by atoms with Crippen molar-refractivity contribution in [1.29, 1.82) is 0 Å². The SMILES string of the molecule is Cc1cc(C)c2c(c1)C1(C)c3oc4c(C)cc(C)cc4c3C(=O)[C@H](C)[C@@H]1O2. The van der Waals surface area contributed by atoms with Crippen molar-refractivity contribution in [2.24, 2.45) is 5.92 Å². The first-order valence-electron chi connectivity index (χ1n) is 9.60. The average molecular weight is 360 g/mol. The zero-order valence-corrected chi connectivity index (χ0v) is 16.7. The Hall–Kier alpha value is -2.55. The molecule has 1 aromatic heterocycles. The number of ketones is 1. The minimum absolute atomic E-state index is 0.124. The molecule has 5 rings (SSSR count). The third kappa shape index (κ3) is 1.90. The number of rotatable bonds is 0. The number of benzene rings is 2. The van der Waals surface area contributed by atoms with Crippen molar-refractivity contribution in [3.63, 3.8) is 0 Å². The summed E-state index contributed by atoms with van der Waals surface area (Å²) in [5.41, 5.74) is 6.78. The Balaban J connectivity index is 1.92. The highest BCUT2D eigenvalue weighted by molar-refractivity contribution is 6.12. The molecule has 3 aromatic rings. The van der Waals surface area contributed by atoms with E-state index in [9.17, 15) is 4.79 Å². The predicted octanol–water partition coefficient (Wildman–Crippen LogP) is 5.57. The molecule has 2 heterocycles. The summed E-state index contributed by atoms with van der Waals surface area (Å²) >= 11 is 0. The van der Waals surface area contributed by atoms with Crippen molar-refractivity contribution in [2.45, 2.75) is 53.1 Å². The number of hydrogen-bond acceptors (Lipinski definition) is 3. The molecule has 138 valence electrons. The second kappa shape index (κ2) is 5.03. The van der Waals surface area contributed by atoms with E-state index in [4.69, 9.17) is 9.15 Å². The number of carbonyl (C=O) groups is 1. The van der Waals surface area contributed by atoms with Gasteiger partial charge in [0.25, 0.3) is 0 Å². The molecule has 27 heavy (non-hydrogen) atoms. The van der Waals surface area contributed by atoms with Crippen LogP contribution in [0.2, 0.25) is 0 Å². The minimum atomic E-state index is -0.464. The number of Topliss-reactive ketones (excluding diaryl/α,β-unsaturated/α-hetero) is 1. The molecule has 0 saturated carbocycles. The van der Waals surface area contributed by atoms with Crippen LogP contribution in [0.4, 0.5) is 0 Å².